The molecule has 0 saturated carbocycles. The lowest BCUT2D eigenvalue weighted by molar-refractivity contribution is 0.0847. The second-order valence-electron chi connectivity index (χ2n) is 2.71. The van der Waals surface area contributed by atoms with Crippen LogP contribution < -0.4 is 0 Å². The Balaban J connectivity index is 2.91. The van der Waals surface area contributed by atoms with Crippen LogP contribution in [-0.2, 0) is 4.74 Å². The highest BCUT2D eigenvalue weighted by atomic mass is 32.2. The average Bonchev–Trinajstić information content (AvgIpc) is 2.18. The van der Waals surface area contributed by atoms with Crippen LogP contribution in [0.15, 0.2) is 23.1 Å². The maximum atomic E-state index is 13.2. The first-order chi connectivity index (χ1) is 6.69. The lowest BCUT2D eigenvalue weighted by Crippen LogP contribution is -2.07. The first-order valence-electron chi connectivity index (χ1n) is 4.04. The molecule has 0 aromatic heterocycles. The fraction of sp³-hybridized carbons (Fsp3) is 0.300. The second kappa shape index (κ2) is 5.12. The Hall–Kier alpha value is -0.870. The largest absolute Gasteiger partial charge is 0.377 e. The molecule has 0 aliphatic heterocycles. The molecule has 14 heavy (non-hydrogen) atoms. The van der Waals surface area contributed by atoms with Gasteiger partial charge in [0.1, 0.15) is 12.4 Å². The van der Waals surface area contributed by atoms with Crippen molar-refractivity contribution in [3.8, 4) is 0 Å². The molecule has 1 aromatic rings. The fourth-order valence-corrected chi connectivity index (χ4v) is 1.51. The minimum absolute atomic E-state index is 0.0158. The molecule has 2 nitrogen and oxygen atoms in total. The lowest BCUT2D eigenvalue weighted by Gasteiger charge is -2.02. The van der Waals surface area contributed by atoms with E-state index in [4.69, 9.17) is 0 Å². The number of carbonyl (C=O) groups excluding carboxylic acids is 1. The predicted octanol–water partition coefficient (Wildman–Crippen LogP) is 2.38. The number of ketones is 1. The van der Waals surface area contributed by atoms with Crippen LogP contribution in [0.3, 0.4) is 0 Å². The summed E-state index contributed by atoms with van der Waals surface area (Å²) in [6, 6.07) is 4.45. The summed E-state index contributed by atoms with van der Waals surface area (Å²) < 4.78 is 17.9. The van der Waals surface area contributed by atoms with Crippen molar-refractivity contribution in [2.75, 3.05) is 20.0 Å². The van der Waals surface area contributed by atoms with E-state index < -0.39 is 0 Å². The summed E-state index contributed by atoms with van der Waals surface area (Å²) in [5, 5.41) is 0. The van der Waals surface area contributed by atoms with Gasteiger partial charge in [-0.05, 0) is 24.5 Å². The van der Waals surface area contributed by atoms with Gasteiger partial charge in [0.25, 0.3) is 0 Å². The number of methoxy groups -OCH3 is 1. The molecule has 0 aliphatic rings. The summed E-state index contributed by atoms with van der Waals surface area (Å²) in [5.41, 5.74) is 0.349. The third-order valence-electron chi connectivity index (χ3n) is 1.75. The maximum absolute atomic E-state index is 13.2. The van der Waals surface area contributed by atoms with E-state index in [1.54, 1.807) is 18.4 Å². The van der Waals surface area contributed by atoms with E-state index in [-0.39, 0.29) is 18.2 Å². The van der Waals surface area contributed by atoms with Crippen LogP contribution in [-0.4, -0.2) is 25.8 Å². The molecule has 0 atom stereocenters. The molecule has 0 aliphatic carbocycles. The molecule has 0 bridgehead atoms. The number of thioether (sulfide) groups is 1. The van der Waals surface area contributed by atoms with Gasteiger partial charge < -0.3 is 4.74 Å². The topological polar surface area (TPSA) is 26.3 Å². The molecule has 0 spiro atoms. The molecule has 0 heterocycles. The number of hydrogen-bond acceptors (Lipinski definition) is 3. The molecule has 1 aromatic carbocycles. The van der Waals surface area contributed by atoms with Crippen LogP contribution in [0, 0.1) is 5.82 Å². The molecule has 0 amide bonds. The predicted molar refractivity (Wildman–Crippen MR) is 54.4 cm³/mol. The van der Waals surface area contributed by atoms with Crippen LogP contribution in [0.2, 0.25) is 0 Å². The zero-order valence-corrected chi connectivity index (χ0v) is 8.86. The van der Waals surface area contributed by atoms with Crippen LogP contribution in [0.1, 0.15) is 10.4 Å². The molecular weight excluding hydrogens is 203 g/mol. The Bertz CT molecular complexity index is 339. The Morgan fingerprint density at radius 2 is 2.29 bits per heavy atom. The summed E-state index contributed by atoms with van der Waals surface area (Å²) in [7, 11) is 1.44. The number of ether oxygens (including phenoxy) is 1. The van der Waals surface area contributed by atoms with Crippen LogP contribution in [0.25, 0.3) is 0 Å². The van der Waals surface area contributed by atoms with Crippen molar-refractivity contribution in [1.82, 2.24) is 0 Å². The van der Waals surface area contributed by atoms with Gasteiger partial charge in [0, 0.05) is 17.6 Å². The lowest BCUT2D eigenvalue weighted by atomic mass is 10.1. The second-order valence-corrected chi connectivity index (χ2v) is 3.55. The molecule has 4 heteroatoms. The van der Waals surface area contributed by atoms with Crippen LogP contribution >= 0.6 is 11.8 Å². The van der Waals surface area contributed by atoms with Gasteiger partial charge in [0.05, 0.1) is 0 Å². The van der Waals surface area contributed by atoms with Crippen molar-refractivity contribution in [2.45, 2.75) is 4.90 Å². The van der Waals surface area contributed by atoms with E-state index in [0.29, 0.717) is 10.5 Å². The molecular formula is C10H11FO2S. The van der Waals surface area contributed by atoms with Gasteiger partial charge in [0.15, 0.2) is 5.78 Å². The molecule has 0 fully saturated rings. The number of rotatable bonds is 4. The van der Waals surface area contributed by atoms with Crippen molar-refractivity contribution in [3.63, 3.8) is 0 Å². The third-order valence-corrected chi connectivity index (χ3v) is 2.52. The molecule has 0 saturated heterocycles. The first-order valence-corrected chi connectivity index (χ1v) is 5.27. The van der Waals surface area contributed by atoms with Crippen molar-refractivity contribution in [1.29, 1.82) is 0 Å². The highest BCUT2D eigenvalue weighted by molar-refractivity contribution is 7.98. The summed E-state index contributed by atoms with van der Waals surface area (Å²) in [4.78, 5) is 11.8. The van der Waals surface area contributed by atoms with E-state index in [1.807, 2.05) is 0 Å². The van der Waals surface area contributed by atoms with Gasteiger partial charge in [-0.2, -0.15) is 0 Å². The molecule has 0 unspecified atom stereocenters. The van der Waals surface area contributed by atoms with E-state index in [0.717, 1.165) is 0 Å². The molecule has 0 radical (unpaired) electrons. The van der Waals surface area contributed by atoms with E-state index in [1.165, 1.54) is 24.9 Å². The Morgan fingerprint density at radius 1 is 1.57 bits per heavy atom. The van der Waals surface area contributed by atoms with E-state index >= 15 is 0 Å². The quantitative estimate of drug-likeness (QED) is 0.568. The number of carbonyl (C=O) groups is 1. The maximum Gasteiger partial charge on any atom is 0.188 e. The average molecular weight is 214 g/mol. The minimum Gasteiger partial charge on any atom is -0.377 e. The third kappa shape index (κ3) is 2.56. The number of halogens is 1. The standard InChI is InChI=1S/C10H11FO2S/c1-13-6-9(12)7-3-4-10(14-2)8(11)5-7/h3-5H,6H2,1-2H3. The minimum atomic E-state index is -0.362. The summed E-state index contributed by atoms with van der Waals surface area (Å²) >= 11 is 1.31. The fourth-order valence-electron chi connectivity index (χ4n) is 1.05. The first kappa shape index (κ1) is 11.2. The van der Waals surface area contributed by atoms with Crippen molar-refractivity contribution in [2.24, 2.45) is 0 Å². The zero-order chi connectivity index (χ0) is 10.6. The Labute approximate surface area is 86.5 Å². The Kier molecular flexibility index (Phi) is 4.10. The summed E-state index contributed by atoms with van der Waals surface area (Å²) in [6.45, 7) is -0.0158. The molecule has 1 rings (SSSR count). The SMILES string of the molecule is COCC(=O)c1ccc(SC)c(F)c1. The molecule has 76 valence electrons. The van der Waals surface area contributed by atoms with E-state index in [2.05, 4.69) is 4.74 Å². The highest BCUT2D eigenvalue weighted by Gasteiger charge is 2.08. The summed E-state index contributed by atoms with van der Waals surface area (Å²) in [6.07, 6.45) is 1.79. The number of benzene rings is 1. The van der Waals surface area contributed by atoms with Gasteiger partial charge in [-0.15, -0.1) is 11.8 Å². The zero-order valence-electron chi connectivity index (χ0n) is 8.04. The van der Waals surface area contributed by atoms with Gasteiger partial charge in [-0.1, -0.05) is 0 Å². The van der Waals surface area contributed by atoms with Gasteiger partial charge in [-0.3, -0.25) is 4.79 Å². The van der Waals surface area contributed by atoms with Crippen molar-refractivity contribution >= 4 is 17.5 Å². The number of hydrogen-bond donors (Lipinski definition) is 0. The van der Waals surface area contributed by atoms with Crippen molar-refractivity contribution in [3.05, 3.63) is 29.6 Å². The highest BCUT2D eigenvalue weighted by Crippen LogP contribution is 2.20. The van der Waals surface area contributed by atoms with Gasteiger partial charge in [0.2, 0.25) is 0 Å². The van der Waals surface area contributed by atoms with Gasteiger partial charge in [-0.25, -0.2) is 4.39 Å². The van der Waals surface area contributed by atoms with Gasteiger partial charge >= 0.3 is 0 Å². The van der Waals surface area contributed by atoms with Crippen molar-refractivity contribution < 1.29 is 13.9 Å². The number of Topliss-reactive ketones (excluding diaryl/α,β-unsaturated/α-hetero) is 1. The molecule has 0 N–H and O–H groups in total. The smallest absolute Gasteiger partial charge is 0.188 e. The van der Waals surface area contributed by atoms with E-state index in [9.17, 15) is 9.18 Å². The normalized spacial score (nSPS) is 10.2. The van der Waals surface area contributed by atoms with Crippen LogP contribution in [0.5, 0.6) is 0 Å². The monoisotopic (exact) mass is 214 g/mol. The summed E-state index contributed by atoms with van der Waals surface area (Å²) in [5.74, 6) is -0.571. The Morgan fingerprint density at radius 3 is 2.79 bits per heavy atom. The van der Waals surface area contributed by atoms with Crippen LogP contribution in [0.4, 0.5) is 4.39 Å².